The first-order valence-corrected chi connectivity index (χ1v) is 4.00. The zero-order chi connectivity index (χ0) is 11.6. The lowest BCUT2D eigenvalue weighted by molar-refractivity contribution is -0.178. The molecule has 0 aromatic carbocycles. The molecule has 0 spiro atoms. The summed E-state index contributed by atoms with van der Waals surface area (Å²) in [4.78, 5) is 21.0. The largest absolute Gasteiger partial charge is 0.480 e. The zero-order valence-electron chi connectivity index (χ0n) is 7.37. The lowest BCUT2D eigenvalue weighted by atomic mass is 9.98. The third-order valence-corrected chi connectivity index (χ3v) is 1.95. The monoisotopic (exact) mass is 227 g/mol. The molecule has 0 aromatic rings. The van der Waals surface area contributed by atoms with E-state index in [0.717, 1.165) is 0 Å². The minimum atomic E-state index is -5.07. The first kappa shape index (κ1) is 11.8. The van der Waals surface area contributed by atoms with Gasteiger partial charge in [-0.2, -0.15) is 13.2 Å². The number of carboxylic acids is 1. The Morgan fingerprint density at radius 1 is 1.40 bits per heavy atom. The Balaban J connectivity index is 2.59. The number of amides is 1. The average molecular weight is 227 g/mol. The van der Waals surface area contributed by atoms with Crippen molar-refractivity contribution in [3.05, 3.63) is 0 Å². The molecule has 1 unspecified atom stereocenters. The second kappa shape index (κ2) is 4.05. The van der Waals surface area contributed by atoms with Crippen LogP contribution in [-0.4, -0.2) is 42.4 Å². The molecular formula is C7H8F3NO4. The molecule has 1 aliphatic rings. The molecule has 0 aromatic heterocycles. The number of halogens is 3. The molecule has 1 saturated heterocycles. The number of rotatable bonds is 3. The van der Waals surface area contributed by atoms with Gasteiger partial charge in [0.25, 0.3) is 0 Å². The molecule has 15 heavy (non-hydrogen) atoms. The van der Waals surface area contributed by atoms with Gasteiger partial charge < -0.3 is 15.2 Å². The highest BCUT2D eigenvalue weighted by Gasteiger charge is 2.43. The van der Waals surface area contributed by atoms with E-state index >= 15 is 0 Å². The van der Waals surface area contributed by atoms with Crippen molar-refractivity contribution in [2.45, 2.75) is 12.2 Å². The first-order chi connectivity index (χ1) is 6.82. The second-order valence-corrected chi connectivity index (χ2v) is 3.08. The van der Waals surface area contributed by atoms with Gasteiger partial charge in [0, 0.05) is 5.92 Å². The van der Waals surface area contributed by atoms with Gasteiger partial charge in [-0.05, 0) is 0 Å². The number of carboxylic acid groups (broad SMARTS) is 1. The number of nitrogens with one attached hydrogen (secondary N) is 1. The molecule has 5 nitrogen and oxygen atoms in total. The Morgan fingerprint density at radius 3 is 2.20 bits per heavy atom. The van der Waals surface area contributed by atoms with Gasteiger partial charge in [0.1, 0.15) is 6.04 Å². The molecule has 1 fully saturated rings. The van der Waals surface area contributed by atoms with Crippen LogP contribution in [-0.2, 0) is 14.3 Å². The first-order valence-electron chi connectivity index (χ1n) is 4.00. The maximum absolute atomic E-state index is 11.8. The van der Waals surface area contributed by atoms with Gasteiger partial charge in [-0.25, -0.2) is 4.79 Å². The Kier molecular flexibility index (Phi) is 3.18. The van der Waals surface area contributed by atoms with Crippen LogP contribution in [0.15, 0.2) is 0 Å². The summed E-state index contributed by atoms with van der Waals surface area (Å²) >= 11 is 0. The maximum Gasteiger partial charge on any atom is 0.471 e. The highest BCUT2D eigenvalue weighted by Crippen LogP contribution is 2.19. The highest BCUT2D eigenvalue weighted by molar-refractivity contribution is 5.87. The molecule has 2 N–H and O–H groups in total. The highest BCUT2D eigenvalue weighted by atomic mass is 19.4. The summed E-state index contributed by atoms with van der Waals surface area (Å²) in [5.74, 6) is -4.35. The summed E-state index contributed by atoms with van der Waals surface area (Å²) in [6.45, 7) is 0.0736. The number of carbonyl (C=O) groups is 2. The summed E-state index contributed by atoms with van der Waals surface area (Å²) in [6.07, 6.45) is -5.07. The van der Waals surface area contributed by atoms with Crippen LogP contribution in [0.25, 0.3) is 0 Å². The van der Waals surface area contributed by atoms with Gasteiger partial charge in [0.05, 0.1) is 13.2 Å². The number of aliphatic carboxylic acids is 1. The van der Waals surface area contributed by atoms with Crippen LogP contribution in [0.1, 0.15) is 0 Å². The standard InChI is InChI=1S/C7H8F3NO4/c8-7(9,10)6(14)11-4(5(12)13)3-1-15-2-3/h3-4H,1-2H2,(H,11,14)(H,12,13). The molecule has 1 atom stereocenters. The van der Waals surface area contributed by atoms with Crippen LogP contribution < -0.4 is 5.32 Å². The topological polar surface area (TPSA) is 75.6 Å². The molecule has 0 bridgehead atoms. The molecule has 8 heteroatoms. The second-order valence-electron chi connectivity index (χ2n) is 3.08. The van der Waals surface area contributed by atoms with E-state index in [1.165, 1.54) is 5.32 Å². The lowest BCUT2D eigenvalue weighted by Gasteiger charge is -2.31. The van der Waals surface area contributed by atoms with Crippen molar-refractivity contribution in [1.29, 1.82) is 0 Å². The fourth-order valence-electron chi connectivity index (χ4n) is 1.05. The van der Waals surface area contributed by atoms with Crippen LogP contribution in [0.3, 0.4) is 0 Å². The van der Waals surface area contributed by atoms with E-state index < -0.39 is 30.0 Å². The molecular weight excluding hydrogens is 219 g/mol. The Hall–Kier alpha value is -1.31. The quantitative estimate of drug-likeness (QED) is 0.698. The van der Waals surface area contributed by atoms with Crippen LogP contribution >= 0.6 is 0 Å². The van der Waals surface area contributed by atoms with Gasteiger partial charge in [0.15, 0.2) is 0 Å². The number of hydrogen-bond acceptors (Lipinski definition) is 3. The molecule has 0 aliphatic carbocycles. The van der Waals surface area contributed by atoms with E-state index in [9.17, 15) is 22.8 Å². The van der Waals surface area contributed by atoms with Crippen molar-refractivity contribution in [3.63, 3.8) is 0 Å². The number of hydrogen-bond donors (Lipinski definition) is 2. The Labute approximate surface area is 82.2 Å². The van der Waals surface area contributed by atoms with Crippen molar-refractivity contribution in [2.24, 2.45) is 5.92 Å². The summed E-state index contributed by atoms with van der Waals surface area (Å²) in [5.41, 5.74) is 0. The molecule has 1 aliphatic heterocycles. The van der Waals surface area contributed by atoms with Crippen LogP contribution in [0, 0.1) is 5.92 Å². The van der Waals surface area contributed by atoms with E-state index in [4.69, 9.17) is 5.11 Å². The summed E-state index contributed by atoms with van der Waals surface area (Å²) in [7, 11) is 0. The van der Waals surface area contributed by atoms with Gasteiger partial charge in [0.2, 0.25) is 0 Å². The third kappa shape index (κ3) is 2.82. The molecule has 1 rings (SSSR count). The van der Waals surface area contributed by atoms with Gasteiger partial charge in [-0.1, -0.05) is 0 Å². The maximum atomic E-state index is 11.8. The number of ether oxygens (including phenoxy) is 1. The van der Waals surface area contributed by atoms with E-state index in [1.54, 1.807) is 0 Å². The average Bonchev–Trinajstić information content (AvgIpc) is 1.97. The van der Waals surface area contributed by atoms with Crippen molar-refractivity contribution >= 4 is 11.9 Å². The van der Waals surface area contributed by atoms with Crippen molar-refractivity contribution in [3.8, 4) is 0 Å². The summed E-state index contributed by atoms with van der Waals surface area (Å²) in [6, 6.07) is -1.55. The smallest absolute Gasteiger partial charge is 0.471 e. The molecule has 86 valence electrons. The van der Waals surface area contributed by atoms with E-state index in [2.05, 4.69) is 4.74 Å². The summed E-state index contributed by atoms with van der Waals surface area (Å²) in [5, 5.41) is 10.0. The number of alkyl halides is 3. The molecule has 1 heterocycles. The normalized spacial score (nSPS) is 19.1. The zero-order valence-corrected chi connectivity index (χ0v) is 7.37. The molecule has 0 saturated carbocycles. The van der Waals surface area contributed by atoms with Crippen molar-refractivity contribution < 1.29 is 32.6 Å². The fraction of sp³-hybridized carbons (Fsp3) is 0.714. The third-order valence-electron chi connectivity index (χ3n) is 1.95. The Morgan fingerprint density at radius 2 is 1.93 bits per heavy atom. The predicted molar refractivity (Wildman–Crippen MR) is 39.9 cm³/mol. The van der Waals surface area contributed by atoms with Gasteiger partial charge >= 0.3 is 18.1 Å². The van der Waals surface area contributed by atoms with E-state index in [1.807, 2.05) is 0 Å². The number of carbonyl (C=O) groups excluding carboxylic acids is 1. The molecule has 1 amide bonds. The van der Waals surface area contributed by atoms with Crippen molar-refractivity contribution in [2.75, 3.05) is 13.2 Å². The minimum absolute atomic E-state index is 0.0368. The Bertz CT molecular complexity index is 274. The lowest BCUT2D eigenvalue weighted by Crippen LogP contribution is -2.55. The van der Waals surface area contributed by atoms with E-state index in [-0.39, 0.29) is 13.2 Å². The van der Waals surface area contributed by atoms with Crippen molar-refractivity contribution in [1.82, 2.24) is 5.32 Å². The van der Waals surface area contributed by atoms with Crippen LogP contribution in [0.5, 0.6) is 0 Å². The molecule has 0 radical (unpaired) electrons. The van der Waals surface area contributed by atoms with Crippen LogP contribution in [0.4, 0.5) is 13.2 Å². The SMILES string of the molecule is O=C(O)C(NC(=O)C(F)(F)F)C1COC1. The predicted octanol–water partition coefficient (Wildman–Crippen LogP) is -0.236. The minimum Gasteiger partial charge on any atom is -0.480 e. The van der Waals surface area contributed by atoms with Crippen LogP contribution in [0.2, 0.25) is 0 Å². The van der Waals surface area contributed by atoms with Gasteiger partial charge in [-0.3, -0.25) is 4.79 Å². The summed E-state index contributed by atoms with van der Waals surface area (Å²) < 4.78 is 40.1. The fourth-order valence-corrected chi connectivity index (χ4v) is 1.05. The van der Waals surface area contributed by atoms with Gasteiger partial charge in [-0.15, -0.1) is 0 Å². The van der Waals surface area contributed by atoms with E-state index in [0.29, 0.717) is 0 Å².